The van der Waals surface area contributed by atoms with Crippen LogP contribution in [0.4, 0.5) is 0 Å². The summed E-state index contributed by atoms with van der Waals surface area (Å²) in [6.45, 7) is 3.09. The molecule has 0 spiro atoms. The van der Waals surface area contributed by atoms with Crippen LogP contribution in [0.15, 0.2) is 24.3 Å². The number of rotatable bonds is 4. The molecule has 1 aromatic rings. The van der Waals surface area contributed by atoms with Crippen molar-refractivity contribution in [2.75, 3.05) is 13.1 Å². The Labute approximate surface area is 118 Å². The number of carbonyl (C=O) groups excluding carboxylic acids is 1. The smallest absolute Gasteiger partial charge is 0.344 e. The van der Waals surface area contributed by atoms with E-state index in [1.165, 1.54) is 13.3 Å². The van der Waals surface area contributed by atoms with Gasteiger partial charge in [-0.15, -0.1) is 0 Å². The number of nitrogens with zero attached hydrogens (tertiary/aromatic N) is 1. The standard InChI is InChI=1S/C15H19NO4/c1-11(15(18)19)20-13-7-5-12(6-8-13)14(17)16-9-3-2-4-10-16/h5-8,11H,2-4,9-10H2,1H3,(H,18,19). The van der Waals surface area contributed by atoms with E-state index < -0.39 is 12.1 Å². The Morgan fingerprint density at radius 3 is 2.30 bits per heavy atom. The lowest BCUT2D eigenvalue weighted by molar-refractivity contribution is -0.144. The van der Waals surface area contributed by atoms with Crippen molar-refractivity contribution in [1.29, 1.82) is 0 Å². The summed E-state index contributed by atoms with van der Waals surface area (Å²) < 4.78 is 5.23. The van der Waals surface area contributed by atoms with Gasteiger partial charge in [0.15, 0.2) is 6.10 Å². The average Bonchev–Trinajstić information content (AvgIpc) is 2.48. The highest BCUT2D eigenvalue weighted by Gasteiger charge is 2.18. The van der Waals surface area contributed by atoms with Gasteiger partial charge in [0.1, 0.15) is 5.75 Å². The van der Waals surface area contributed by atoms with Crippen LogP contribution in [0.2, 0.25) is 0 Å². The van der Waals surface area contributed by atoms with E-state index in [0.717, 1.165) is 25.9 Å². The van der Waals surface area contributed by atoms with E-state index in [1.807, 2.05) is 4.90 Å². The summed E-state index contributed by atoms with van der Waals surface area (Å²) in [6.07, 6.45) is 2.40. The molecular formula is C15H19NO4. The van der Waals surface area contributed by atoms with Gasteiger partial charge in [-0.1, -0.05) is 0 Å². The first-order chi connectivity index (χ1) is 9.58. The number of amides is 1. The molecule has 5 heteroatoms. The molecule has 0 saturated carbocycles. The fraction of sp³-hybridized carbons (Fsp3) is 0.467. The molecule has 1 unspecified atom stereocenters. The molecule has 108 valence electrons. The number of benzene rings is 1. The molecular weight excluding hydrogens is 258 g/mol. The molecule has 0 aliphatic carbocycles. The zero-order valence-electron chi connectivity index (χ0n) is 11.5. The normalized spacial score (nSPS) is 16.6. The van der Waals surface area contributed by atoms with E-state index in [4.69, 9.17) is 9.84 Å². The summed E-state index contributed by atoms with van der Waals surface area (Å²) >= 11 is 0. The van der Waals surface area contributed by atoms with Gasteiger partial charge in [-0.05, 0) is 50.5 Å². The molecule has 1 atom stereocenters. The molecule has 0 bridgehead atoms. The van der Waals surface area contributed by atoms with Crippen molar-refractivity contribution in [3.8, 4) is 5.75 Å². The Bertz CT molecular complexity index is 477. The number of aliphatic carboxylic acids is 1. The molecule has 1 fully saturated rings. The number of carboxylic acid groups (broad SMARTS) is 1. The maximum atomic E-state index is 12.2. The molecule has 1 saturated heterocycles. The Balaban J connectivity index is 2.00. The lowest BCUT2D eigenvalue weighted by atomic mass is 10.1. The van der Waals surface area contributed by atoms with E-state index in [0.29, 0.717) is 11.3 Å². The second-order valence-electron chi connectivity index (χ2n) is 4.98. The van der Waals surface area contributed by atoms with Crippen molar-refractivity contribution in [3.05, 3.63) is 29.8 Å². The Morgan fingerprint density at radius 1 is 1.15 bits per heavy atom. The van der Waals surface area contributed by atoms with Gasteiger partial charge in [0.25, 0.3) is 5.91 Å². The number of carbonyl (C=O) groups is 2. The predicted octanol–water partition coefficient (Wildman–Crippen LogP) is 2.16. The highest BCUT2D eigenvalue weighted by atomic mass is 16.5. The summed E-state index contributed by atoms with van der Waals surface area (Å²) in [6, 6.07) is 6.63. The first-order valence-corrected chi connectivity index (χ1v) is 6.87. The van der Waals surface area contributed by atoms with Crippen LogP contribution in [0.1, 0.15) is 36.5 Å². The van der Waals surface area contributed by atoms with Crippen molar-refractivity contribution in [1.82, 2.24) is 4.90 Å². The highest BCUT2D eigenvalue weighted by Crippen LogP contribution is 2.17. The molecule has 1 aliphatic rings. The predicted molar refractivity (Wildman–Crippen MR) is 73.9 cm³/mol. The van der Waals surface area contributed by atoms with E-state index >= 15 is 0 Å². The lowest BCUT2D eigenvalue weighted by Gasteiger charge is -2.26. The van der Waals surface area contributed by atoms with Crippen LogP contribution in [0.5, 0.6) is 5.75 Å². The molecule has 1 heterocycles. The number of ether oxygens (including phenoxy) is 1. The van der Waals surface area contributed by atoms with Crippen molar-refractivity contribution >= 4 is 11.9 Å². The minimum atomic E-state index is -1.02. The third-order valence-electron chi connectivity index (χ3n) is 3.41. The Kier molecular flexibility index (Phi) is 4.61. The van der Waals surface area contributed by atoms with E-state index in [2.05, 4.69) is 0 Å². The number of hydrogen-bond acceptors (Lipinski definition) is 3. The largest absolute Gasteiger partial charge is 0.479 e. The monoisotopic (exact) mass is 277 g/mol. The van der Waals surface area contributed by atoms with Crippen LogP contribution in [0.3, 0.4) is 0 Å². The third kappa shape index (κ3) is 3.50. The van der Waals surface area contributed by atoms with Crippen molar-refractivity contribution < 1.29 is 19.4 Å². The van der Waals surface area contributed by atoms with Crippen molar-refractivity contribution in [2.24, 2.45) is 0 Å². The van der Waals surface area contributed by atoms with E-state index in [-0.39, 0.29) is 5.91 Å². The van der Waals surface area contributed by atoms with E-state index in [1.54, 1.807) is 24.3 Å². The topological polar surface area (TPSA) is 66.8 Å². The van der Waals surface area contributed by atoms with Crippen LogP contribution < -0.4 is 4.74 Å². The number of carboxylic acids is 1. The average molecular weight is 277 g/mol. The fourth-order valence-corrected chi connectivity index (χ4v) is 2.21. The zero-order chi connectivity index (χ0) is 14.5. The SMILES string of the molecule is CC(Oc1ccc(C(=O)N2CCCCC2)cc1)C(=O)O. The second-order valence-corrected chi connectivity index (χ2v) is 4.98. The fourth-order valence-electron chi connectivity index (χ4n) is 2.21. The van der Waals surface area contributed by atoms with Gasteiger partial charge in [-0.2, -0.15) is 0 Å². The molecule has 1 aromatic carbocycles. The molecule has 1 N–H and O–H groups in total. The van der Waals surface area contributed by atoms with Gasteiger partial charge in [0.2, 0.25) is 0 Å². The zero-order valence-corrected chi connectivity index (χ0v) is 11.5. The van der Waals surface area contributed by atoms with Crippen LogP contribution in [-0.2, 0) is 4.79 Å². The van der Waals surface area contributed by atoms with Gasteiger partial charge in [-0.25, -0.2) is 4.79 Å². The van der Waals surface area contributed by atoms with Gasteiger partial charge < -0.3 is 14.7 Å². The number of hydrogen-bond donors (Lipinski definition) is 1. The van der Waals surface area contributed by atoms with Crippen molar-refractivity contribution in [3.63, 3.8) is 0 Å². The third-order valence-corrected chi connectivity index (χ3v) is 3.41. The van der Waals surface area contributed by atoms with Gasteiger partial charge in [0.05, 0.1) is 0 Å². The summed E-state index contributed by atoms with van der Waals surface area (Å²) in [7, 11) is 0. The van der Waals surface area contributed by atoms with Crippen LogP contribution >= 0.6 is 0 Å². The molecule has 20 heavy (non-hydrogen) atoms. The number of piperidine rings is 1. The van der Waals surface area contributed by atoms with Crippen LogP contribution in [-0.4, -0.2) is 41.1 Å². The minimum absolute atomic E-state index is 0.0301. The quantitative estimate of drug-likeness (QED) is 0.916. The Hall–Kier alpha value is -2.04. The number of likely N-dealkylation sites (tertiary alicyclic amines) is 1. The van der Waals surface area contributed by atoms with Gasteiger partial charge >= 0.3 is 5.97 Å². The second kappa shape index (κ2) is 6.41. The molecule has 0 aromatic heterocycles. The summed E-state index contributed by atoms with van der Waals surface area (Å²) in [5.74, 6) is -0.531. The summed E-state index contributed by atoms with van der Waals surface area (Å²) in [5, 5.41) is 8.77. The molecule has 0 radical (unpaired) electrons. The molecule has 1 amide bonds. The first-order valence-electron chi connectivity index (χ1n) is 6.87. The van der Waals surface area contributed by atoms with Crippen LogP contribution in [0, 0.1) is 0 Å². The molecule has 1 aliphatic heterocycles. The van der Waals surface area contributed by atoms with Crippen LogP contribution in [0.25, 0.3) is 0 Å². The Morgan fingerprint density at radius 2 is 1.75 bits per heavy atom. The molecule has 5 nitrogen and oxygen atoms in total. The maximum Gasteiger partial charge on any atom is 0.344 e. The molecule has 2 rings (SSSR count). The van der Waals surface area contributed by atoms with Gasteiger partial charge in [0, 0.05) is 18.7 Å². The van der Waals surface area contributed by atoms with E-state index in [9.17, 15) is 9.59 Å². The summed E-state index contributed by atoms with van der Waals surface area (Å²) in [4.78, 5) is 24.8. The maximum absolute atomic E-state index is 12.2. The highest BCUT2D eigenvalue weighted by molar-refractivity contribution is 5.94. The first kappa shape index (κ1) is 14.4. The van der Waals surface area contributed by atoms with Gasteiger partial charge in [-0.3, -0.25) is 4.79 Å². The summed E-state index contributed by atoms with van der Waals surface area (Å²) in [5.41, 5.74) is 0.613. The minimum Gasteiger partial charge on any atom is -0.479 e. The van der Waals surface area contributed by atoms with Crippen molar-refractivity contribution in [2.45, 2.75) is 32.3 Å². The lowest BCUT2D eigenvalue weighted by Crippen LogP contribution is -2.35.